The van der Waals surface area contributed by atoms with Gasteiger partial charge in [0.05, 0.1) is 31.6 Å². The predicted octanol–water partition coefficient (Wildman–Crippen LogP) is 2.88. The van der Waals surface area contributed by atoms with Crippen molar-refractivity contribution in [1.29, 1.82) is 0 Å². The fourth-order valence-electron chi connectivity index (χ4n) is 3.18. The van der Waals surface area contributed by atoms with Crippen LogP contribution in [0.25, 0.3) is 0 Å². The number of hydrogen-bond acceptors (Lipinski definition) is 6. The molecular weight excluding hydrogens is 410 g/mol. The highest BCUT2D eigenvalue weighted by Crippen LogP contribution is 2.29. The third-order valence-corrected chi connectivity index (χ3v) is 4.57. The third kappa shape index (κ3) is 5.15. The van der Waals surface area contributed by atoms with Gasteiger partial charge in [-0.2, -0.15) is 15.3 Å². The van der Waals surface area contributed by atoms with Crippen LogP contribution in [0.4, 0.5) is 5.69 Å². The second-order valence-electron chi connectivity index (χ2n) is 6.96. The number of hydrogen-bond donors (Lipinski definition) is 1. The molecule has 0 saturated carbocycles. The highest BCUT2D eigenvalue weighted by Gasteiger charge is 2.12. The van der Waals surface area contributed by atoms with E-state index in [0.29, 0.717) is 43.6 Å². The highest BCUT2D eigenvalue weighted by molar-refractivity contribution is 6.02. The van der Waals surface area contributed by atoms with Crippen LogP contribution in [0.5, 0.6) is 11.5 Å². The van der Waals surface area contributed by atoms with Crippen molar-refractivity contribution in [1.82, 2.24) is 29.3 Å². The number of ether oxygens (including phenoxy) is 2. The van der Waals surface area contributed by atoms with Crippen molar-refractivity contribution in [2.75, 3.05) is 18.5 Å². The number of carbonyl (C=O) groups is 1. The zero-order chi connectivity index (χ0) is 22.3. The number of aromatic nitrogens is 6. The lowest BCUT2D eigenvalue weighted by molar-refractivity contribution is 0.102. The summed E-state index contributed by atoms with van der Waals surface area (Å²) in [5.41, 5.74) is 1.92. The van der Waals surface area contributed by atoms with Crippen molar-refractivity contribution in [3.8, 4) is 11.5 Å². The van der Waals surface area contributed by atoms with E-state index >= 15 is 0 Å². The number of carbonyl (C=O) groups excluding carboxylic acids is 1. The molecule has 32 heavy (non-hydrogen) atoms. The van der Waals surface area contributed by atoms with Gasteiger partial charge in [0.2, 0.25) is 0 Å². The smallest absolute Gasteiger partial charge is 0.276 e. The van der Waals surface area contributed by atoms with Crippen molar-refractivity contribution in [3.05, 3.63) is 72.6 Å². The van der Waals surface area contributed by atoms with Crippen molar-refractivity contribution >= 4 is 11.6 Å². The zero-order valence-electron chi connectivity index (χ0n) is 18.0. The van der Waals surface area contributed by atoms with E-state index in [9.17, 15) is 4.79 Å². The van der Waals surface area contributed by atoms with E-state index in [2.05, 4.69) is 20.6 Å². The van der Waals surface area contributed by atoms with Crippen LogP contribution in [-0.4, -0.2) is 48.5 Å². The molecular formula is C22H25N7O3. The van der Waals surface area contributed by atoms with Crippen molar-refractivity contribution in [2.24, 2.45) is 0 Å². The Bertz CT molecular complexity index is 1160. The fraction of sp³-hybridized carbons (Fsp3) is 0.273. The van der Waals surface area contributed by atoms with Crippen LogP contribution >= 0.6 is 0 Å². The van der Waals surface area contributed by atoms with Crippen molar-refractivity contribution in [3.63, 3.8) is 0 Å². The Labute approximate surface area is 185 Å². The Morgan fingerprint density at radius 3 is 2.62 bits per heavy atom. The average Bonchev–Trinajstić information content (AvgIpc) is 3.54. The van der Waals surface area contributed by atoms with Gasteiger partial charge < -0.3 is 14.8 Å². The van der Waals surface area contributed by atoms with Crippen LogP contribution in [0.3, 0.4) is 0 Å². The number of benzene rings is 1. The molecule has 0 radical (unpaired) electrons. The van der Waals surface area contributed by atoms with Crippen LogP contribution in [0.2, 0.25) is 0 Å². The third-order valence-electron chi connectivity index (χ3n) is 4.57. The number of amides is 1. The maximum absolute atomic E-state index is 12.5. The Morgan fingerprint density at radius 2 is 1.84 bits per heavy atom. The maximum Gasteiger partial charge on any atom is 0.276 e. The van der Waals surface area contributed by atoms with Crippen LogP contribution in [0, 0.1) is 0 Å². The molecule has 10 heteroatoms. The quantitative estimate of drug-likeness (QED) is 0.411. The summed E-state index contributed by atoms with van der Waals surface area (Å²) >= 11 is 0. The Hall–Kier alpha value is -4.08. The average molecular weight is 435 g/mol. The molecule has 4 aromatic rings. The molecule has 0 aliphatic carbocycles. The molecule has 1 amide bonds. The van der Waals surface area contributed by atoms with Gasteiger partial charge in [0.25, 0.3) is 5.91 Å². The molecule has 0 fully saturated rings. The maximum atomic E-state index is 12.5. The predicted molar refractivity (Wildman–Crippen MR) is 118 cm³/mol. The number of nitrogens with zero attached hydrogens (tertiary/aromatic N) is 6. The van der Waals surface area contributed by atoms with Gasteiger partial charge in [0.15, 0.2) is 17.2 Å². The van der Waals surface area contributed by atoms with E-state index in [-0.39, 0.29) is 5.91 Å². The normalized spacial score (nSPS) is 10.8. The van der Waals surface area contributed by atoms with E-state index in [1.54, 1.807) is 44.9 Å². The summed E-state index contributed by atoms with van der Waals surface area (Å²) in [7, 11) is 0. The minimum Gasteiger partial charge on any atom is -0.490 e. The van der Waals surface area contributed by atoms with Crippen LogP contribution < -0.4 is 14.8 Å². The van der Waals surface area contributed by atoms with Gasteiger partial charge >= 0.3 is 0 Å². The largest absolute Gasteiger partial charge is 0.490 e. The van der Waals surface area contributed by atoms with Crippen molar-refractivity contribution in [2.45, 2.75) is 27.1 Å². The van der Waals surface area contributed by atoms with Crippen molar-refractivity contribution < 1.29 is 14.3 Å². The first-order valence-electron chi connectivity index (χ1n) is 10.4. The van der Waals surface area contributed by atoms with Gasteiger partial charge in [-0.25, -0.2) is 0 Å². The molecule has 0 aliphatic heterocycles. The second kappa shape index (κ2) is 9.82. The van der Waals surface area contributed by atoms with E-state index in [0.717, 1.165) is 11.3 Å². The highest BCUT2D eigenvalue weighted by atomic mass is 16.5. The molecule has 1 aromatic carbocycles. The van der Waals surface area contributed by atoms with Gasteiger partial charge in [-0.15, -0.1) is 0 Å². The number of rotatable bonds is 10. The topological polar surface area (TPSA) is 101 Å². The summed E-state index contributed by atoms with van der Waals surface area (Å²) in [6, 6.07) is 9.31. The molecule has 3 heterocycles. The van der Waals surface area contributed by atoms with Gasteiger partial charge in [-0.05, 0) is 43.7 Å². The van der Waals surface area contributed by atoms with Gasteiger partial charge in [0.1, 0.15) is 6.67 Å². The lowest BCUT2D eigenvalue weighted by atomic mass is 10.2. The summed E-state index contributed by atoms with van der Waals surface area (Å²) in [6.07, 6.45) is 8.64. The fourth-order valence-corrected chi connectivity index (χ4v) is 3.18. The first kappa shape index (κ1) is 21.2. The first-order valence-corrected chi connectivity index (χ1v) is 10.4. The molecule has 10 nitrogen and oxygen atoms in total. The zero-order valence-corrected chi connectivity index (χ0v) is 18.0. The standard InChI is InChI=1S/C22H25N7O3/c1-3-31-20-7-6-17(12-21(20)32-4-2)14-29-15-18(13-24-29)25-22(30)19-8-11-28(26-19)16-27-10-5-9-23-27/h5-13,15H,3-4,14,16H2,1-2H3,(H,25,30). The molecule has 0 unspecified atom stereocenters. The summed E-state index contributed by atoms with van der Waals surface area (Å²) < 4.78 is 16.4. The van der Waals surface area contributed by atoms with E-state index in [1.165, 1.54) is 0 Å². The van der Waals surface area contributed by atoms with Crippen LogP contribution in [0.15, 0.2) is 61.3 Å². The monoisotopic (exact) mass is 435 g/mol. The SMILES string of the molecule is CCOc1ccc(Cn2cc(NC(=O)c3ccn(Cn4cccn4)n3)cn2)cc1OCC. The molecule has 0 aliphatic rings. The summed E-state index contributed by atoms with van der Waals surface area (Å²) in [6.45, 7) is 5.96. The molecule has 166 valence electrons. The summed E-state index contributed by atoms with van der Waals surface area (Å²) in [5.74, 6) is 1.13. The Balaban J connectivity index is 1.38. The van der Waals surface area contributed by atoms with Gasteiger partial charge in [-0.1, -0.05) is 6.07 Å². The minimum atomic E-state index is -0.302. The first-order chi connectivity index (χ1) is 15.6. The lowest BCUT2D eigenvalue weighted by Crippen LogP contribution is -2.14. The molecule has 3 aromatic heterocycles. The number of nitrogens with one attached hydrogen (secondary N) is 1. The molecule has 4 rings (SSSR count). The van der Waals surface area contributed by atoms with Crippen LogP contribution in [-0.2, 0) is 13.2 Å². The molecule has 0 atom stereocenters. The lowest BCUT2D eigenvalue weighted by Gasteiger charge is -2.12. The summed E-state index contributed by atoms with van der Waals surface area (Å²) in [4.78, 5) is 12.5. The molecule has 0 saturated heterocycles. The Morgan fingerprint density at radius 1 is 1.00 bits per heavy atom. The molecule has 0 bridgehead atoms. The van der Waals surface area contributed by atoms with E-state index in [1.807, 2.05) is 44.3 Å². The van der Waals surface area contributed by atoms with Gasteiger partial charge in [-0.3, -0.25) is 18.8 Å². The molecule has 1 N–H and O–H groups in total. The van der Waals surface area contributed by atoms with Gasteiger partial charge in [0, 0.05) is 24.8 Å². The van der Waals surface area contributed by atoms with E-state index in [4.69, 9.17) is 9.47 Å². The minimum absolute atomic E-state index is 0.302. The van der Waals surface area contributed by atoms with E-state index < -0.39 is 0 Å². The number of anilines is 1. The Kier molecular flexibility index (Phi) is 6.49. The molecule has 0 spiro atoms. The summed E-state index contributed by atoms with van der Waals surface area (Å²) in [5, 5.41) is 15.6. The van der Waals surface area contributed by atoms with Crippen LogP contribution in [0.1, 0.15) is 29.9 Å². The second-order valence-corrected chi connectivity index (χ2v) is 6.96.